The van der Waals surface area contributed by atoms with Crippen LogP contribution in [0.3, 0.4) is 0 Å². The first-order valence-electron chi connectivity index (χ1n) is 6.31. The summed E-state index contributed by atoms with van der Waals surface area (Å²) in [5.74, 6) is -0.836. The van der Waals surface area contributed by atoms with Crippen molar-refractivity contribution in [1.82, 2.24) is 0 Å². The van der Waals surface area contributed by atoms with Crippen molar-refractivity contribution in [3.63, 3.8) is 0 Å². The van der Waals surface area contributed by atoms with Crippen LogP contribution >= 0.6 is 11.6 Å². The lowest BCUT2D eigenvalue weighted by molar-refractivity contribution is -0.384. The number of aliphatic carboxylic acids is 1. The highest BCUT2D eigenvalue weighted by Crippen LogP contribution is 2.44. The highest BCUT2D eigenvalue weighted by atomic mass is 35.5. The number of hydrogen-bond donors (Lipinski definition) is 2. The Kier molecular flexibility index (Phi) is 4.13. The molecule has 1 aromatic carbocycles. The van der Waals surface area contributed by atoms with Crippen LogP contribution in [0.4, 0.5) is 11.4 Å². The molecule has 1 aliphatic carbocycles. The van der Waals surface area contributed by atoms with E-state index in [4.69, 9.17) is 16.7 Å². The normalized spacial score (nSPS) is 16.2. The smallest absolute Gasteiger partial charge is 0.303 e. The monoisotopic (exact) mass is 298 g/mol. The van der Waals surface area contributed by atoms with Gasteiger partial charge in [0, 0.05) is 17.6 Å². The predicted molar refractivity (Wildman–Crippen MR) is 75.1 cm³/mol. The molecule has 0 aliphatic heterocycles. The van der Waals surface area contributed by atoms with Gasteiger partial charge in [0.05, 0.1) is 11.3 Å². The van der Waals surface area contributed by atoms with Crippen molar-refractivity contribution in [2.45, 2.75) is 25.7 Å². The molecule has 7 heteroatoms. The molecule has 0 heterocycles. The van der Waals surface area contributed by atoms with Gasteiger partial charge in [0.1, 0.15) is 5.69 Å². The summed E-state index contributed by atoms with van der Waals surface area (Å²) in [6.45, 7) is 0.418. The topological polar surface area (TPSA) is 92.5 Å². The van der Waals surface area contributed by atoms with Crippen molar-refractivity contribution in [3.05, 3.63) is 33.3 Å². The van der Waals surface area contributed by atoms with Crippen molar-refractivity contribution >= 4 is 28.9 Å². The summed E-state index contributed by atoms with van der Waals surface area (Å²) in [5.41, 5.74) is -0.0161. The van der Waals surface area contributed by atoms with E-state index in [2.05, 4.69) is 5.32 Å². The number of carboxylic acids is 1. The number of rotatable bonds is 6. The molecule has 0 bridgehead atoms. The van der Waals surface area contributed by atoms with Crippen LogP contribution in [0.25, 0.3) is 0 Å². The number of nitro groups is 1. The molecule has 1 saturated carbocycles. The predicted octanol–water partition coefficient (Wildman–Crippen LogP) is 3.31. The summed E-state index contributed by atoms with van der Waals surface area (Å²) < 4.78 is 0. The van der Waals surface area contributed by atoms with E-state index >= 15 is 0 Å². The lowest BCUT2D eigenvalue weighted by atomic mass is 9.66. The van der Waals surface area contributed by atoms with Crippen molar-refractivity contribution in [3.8, 4) is 0 Å². The van der Waals surface area contributed by atoms with Gasteiger partial charge in [-0.25, -0.2) is 0 Å². The number of nitrogens with one attached hydrogen (secondary N) is 1. The fourth-order valence-electron chi connectivity index (χ4n) is 2.50. The van der Waals surface area contributed by atoms with Crippen LogP contribution in [-0.4, -0.2) is 22.5 Å². The fraction of sp³-hybridized carbons (Fsp3) is 0.462. The number of halogens is 1. The molecule has 6 nitrogen and oxygen atoms in total. The summed E-state index contributed by atoms with van der Waals surface area (Å²) in [6.07, 6.45) is 2.74. The SMILES string of the molecule is O=C(O)CC1(CNc2ccc(Cl)cc2[N+](=O)[O-])CCC1. The van der Waals surface area contributed by atoms with Crippen LogP contribution in [-0.2, 0) is 4.79 Å². The van der Waals surface area contributed by atoms with Gasteiger partial charge in [-0.15, -0.1) is 0 Å². The lowest BCUT2D eigenvalue weighted by Crippen LogP contribution is -2.38. The van der Waals surface area contributed by atoms with Gasteiger partial charge >= 0.3 is 5.97 Å². The summed E-state index contributed by atoms with van der Waals surface area (Å²) in [6, 6.07) is 4.41. The number of nitro benzene ring substituents is 1. The standard InChI is InChI=1S/C13H15ClN2O4/c14-9-2-3-10(11(6-9)16(19)20)15-8-13(4-1-5-13)7-12(17)18/h2-3,6,15H,1,4-5,7-8H2,(H,17,18). The summed E-state index contributed by atoms with van der Waals surface area (Å²) in [7, 11) is 0. The molecule has 20 heavy (non-hydrogen) atoms. The second kappa shape index (κ2) is 5.66. The Balaban J connectivity index is 2.10. The molecule has 1 fully saturated rings. The molecule has 1 aromatic rings. The number of carbonyl (C=O) groups is 1. The van der Waals surface area contributed by atoms with Gasteiger partial charge in [0.2, 0.25) is 0 Å². The van der Waals surface area contributed by atoms with E-state index in [1.807, 2.05) is 0 Å². The number of anilines is 1. The fourth-order valence-corrected chi connectivity index (χ4v) is 2.67. The van der Waals surface area contributed by atoms with Gasteiger partial charge in [0.25, 0.3) is 5.69 Å². The minimum absolute atomic E-state index is 0.0847. The zero-order valence-corrected chi connectivity index (χ0v) is 11.5. The minimum Gasteiger partial charge on any atom is -0.481 e. The molecular formula is C13H15ClN2O4. The Bertz CT molecular complexity index is 543. The molecular weight excluding hydrogens is 284 g/mol. The van der Waals surface area contributed by atoms with E-state index < -0.39 is 10.9 Å². The maximum absolute atomic E-state index is 11.0. The highest BCUT2D eigenvalue weighted by molar-refractivity contribution is 6.30. The Morgan fingerprint density at radius 1 is 1.50 bits per heavy atom. The van der Waals surface area contributed by atoms with E-state index in [0.717, 1.165) is 19.3 Å². The number of hydrogen-bond acceptors (Lipinski definition) is 4. The minimum atomic E-state index is -0.836. The van der Waals surface area contributed by atoms with Gasteiger partial charge < -0.3 is 10.4 Å². The van der Waals surface area contributed by atoms with Gasteiger partial charge in [-0.05, 0) is 30.4 Å². The second-order valence-corrected chi connectivity index (χ2v) is 5.63. The molecule has 1 aliphatic rings. The lowest BCUT2D eigenvalue weighted by Gasteiger charge is -2.41. The average Bonchev–Trinajstić information content (AvgIpc) is 2.33. The molecule has 0 aromatic heterocycles. The Hall–Kier alpha value is -1.82. The molecule has 0 unspecified atom stereocenters. The van der Waals surface area contributed by atoms with E-state index in [1.165, 1.54) is 6.07 Å². The van der Waals surface area contributed by atoms with Crippen LogP contribution in [0.5, 0.6) is 0 Å². The van der Waals surface area contributed by atoms with Crippen molar-refractivity contribution in [1.29, 1.82) is 0 Å². The summed E-state index contributed by atoms with van der Waals surface area (Å²) >= 11 is 5.75. The van der Waals surface area contributed by atoms with Crippen LogP contribution in [0.15, 0.2) is 18.2 Å². The first-order chi connectivity index (χ1) is 9.42. The maximum atomic E-state index is 11.0. The number of nitrogens with zero attached hydrogens (tertiary/aromatic N) is 1. The van der Waals surface area contributed by atoms with Crippen molar-refractivity contribution in [2.24, 2.45) is 5.41 Å². The maximum Gasteiger partial charge on any atom is 0.303 e. The molecule has 0 amide bonds. The first kappa shape index (κ1) is 14.6. The summed E-state index contributed by atoms with van der Waals surface area (Å²) in [5, 5.41) is 23.2. The molecule has 0 atom stereocenters. The summed E-state index contributed by atoms with van der Waals surface area (Å²) in [4.78, 5) is 21.4. The van der Waals surface area contributed by atoms with E-state index in [9.17, 15) is 14.9 Å². The van der Waals surface area contributed by atoms with Gasteiger partial charge in [-0.2, -0.15) is 0 Å². The first-order valence-corrected chi connectivity index (χ1v) is 6.69. The van der Waals surface area contributed by atoms with Crippen LogP contribution < -0.4 is 5.32 Å². The van der Waals surface area contributed by atoms with Gasteiger partial charge in [-0.1, -0.05) is 18.0 Å². The third kappa shape index (κ3) is 3.19. The number of benzene rings is 1. The van der Waals surface area contributed by atoms with E-state index in [-0.39, 0.29) is 17.5 Å². The van der Waals surface area contributed by atoms with E-state index in [1.54, 1.807) is 12.1 Å². The van der Waals surface area contributed by atoms with E-state index in [0.29, 0.717) is 17.3 Å². The largest absolute Gasteiger partial charge is 0.481 e. The zero-order chi connectivity index (χ0) is 14.8. The molecule has 0 spiro atoms. The van der Waals surface area contributed by atoms with Crippen molar-refractivity contribution in [2.75, 3.05) is 11.9 Å². The Morgan fingerprint density at radius 3 is 2.70 bits per heavy atom. The highest BCUT2D eigenvalue weighted by Gasteiger charge is 2.39. The zero-order valence-electron chi connectivity index (χ0n) is 10.8. The van der Waals surface area contributed by atoms with Gasteiger partial charge in [-0.3, -0.25) is 14.9 Å². The van der Waals surface area contributed by atoms with Crippen LogP contribution in [0.1, 0.15) is 25.7 Å². The number of carboxylic acid groups (broad SMARTS) is 1. The average molecular weight is 299 g/mol. The Labute approximate surface area is 120 Å². The van der Waals surface area contributed by atoms with Crippen molar-refractivity contribution < 1.29 is 14.8 Å². The molecule has 2 N–H and O–H groups in total. The molecule has 0 radical (unpaired) electrons. The molecule has 108 valence electrons. The second-order valence-electron chi connectivity index (χ2n) is 5.20. The van der Waals surface area contributed by atoms with Gasteiger partial charge in [0.15, 0.2) is 0 Å². The Morgan fingerprint density at radius 2 is 2.20 bits per heavy atom. The third-order valence-corrected chi connectivity index (χ3v) is 3.99. The third-order valence-electron chi connectivity index (χ3n) is 3.75. The van der Waals surface area contributed by atoms with Crippen LogP contribution in [0.2, 0.25) is 5.02 Å². The molecule has 0 saturated heterocycles. The quantitative estimate of drug-likeness (QED) is 0.621. The van der Waals surface area contributed by atoms with Crippen LogP contribution in [0, 0.1) is 15.5 Å². The molecule has 2 rings (SSSR count).